The molecule has 0 spiro atoms. The van der Waals surface area contributed by atoms with E-state index in [9.17, 15) is 9.90 Å². The van der Waals surface area contributed by atoms with E-state index >= 15 is 0 Å². The predicted octanol–water partition coefficient (Wildman–Crippen LogP) is 5.35. The number of hydrogen-bond donors (Lipinski definition) is 3. The minimum Gasteiger partial charge on any atom is -0.394 e. The molecule has 2 saturated carbocycles. The van der Waals surface area contributed by atoms with Crippen molar-refractivity contribution in [3.63, 3.8) is 0 Å². The molecule has 0 saturated heterocycles. The number of nitrogens with zero attached hydrogens (tertiary/aromatic N) is 3. The lowest BCUT2D eigenvalue weighted by Gasteiger charge is -2.32. The van der Waals surface area contributed by atoms with Gasteiger partial charge in [-0.2, -0.15) is 0 Å². The number of rotatable bonds is 7. The molecular formula is C27H33N5O2S. The molecule has 0 radical (unpaired) electrons. The van der Waals surface area contributed by atoms with Gasteiger partial charge in [-0.3, -0.25) is 4.79 Å². The summed E-state index contributed by atoms with van der Waals surface area (Å²) in [7, 11) is 0. The lowest BCUT2D eigenvalue weighted by molar-refractivity contribution is -0.128. The number of aliphatic hydroxyl groups is 1. The highest BCUT2D eigenvalue weighted by atomic mass is 32.1. The molecule has 0 atom stereocenters. The van der Waals surface area contributed by atoms with Crippen molar-refractivity contribution in [2.45, 2.75) is 69.7 Å². The standard InChI is InChI=1S/C27H33N5O2S/c1-18-11-14-28-24(15-18)31-23-6-4-5-21(30-23)22-16-29-26(35-22)20-9-7-19(8-10-20)25(34)32-27(17-33)12-2-3-13-27/h4-6,11,14-16,19-20,33H,2-3,7-10,12-13,17H2,1H3,(H,32,34)(H,28,30,31)/t19-,20-. The van der Waals surface area contributed by atoms with E-state index in [0.717, 1.165) is 84.1 Å². The number of anilines is 2. The van der Waals surface area contributed by atoms with Gasteiger partial charge in [-0.05, 0) is 75.3 Å². The highest BCUT2D eigenvalue weighted by Crippen LogP contribution is 2.40. The summed E-state index contributed by atoms with van der Waals surface area (Å²) in [6.45, 7) is 2.08. The quantitative estimate of drug-likeness (QED) is 0.412. The summed E-state index contributed by atoms with van der Waals surface area (Å²) in [4.78, 5) is 27.8. The molecule has 3 aromatic rings. The van der Waals surface area contributed by atoms with E-state index in [4.69, 9.17) is 9.97 Å². The Morgan fingerprint density at radius 2 is 1.91 bits per heavy atom. The van der Waals surface area contributed by atoms with Gasteiger partial charge < -0.3 is 15.7 Å². The molecule has 2 aliphatic rings. The van der Waals surface area contributed by atoms with E-state index < -0.39 is 0 Å². The Labute approximate surface area is 210 Å². The van der Waals surface area contributed by atoms with E-state index in [0.29, 0.717) is 5.92 Å². The molecule has 0 aromatic carbocycles. The van der Waals surface area contributed by atoms with Crippen molar-refractivity contribution in [3.05, 3.63) is 53.3 Å². The topological polar surface area (TPSA) is 100 Å². The second-order valence-electron chi connectivity index (χ2n) is 10.00. The highest BCUT2D eigenvalue weighted by molar-refractivity contribution is 7.15. The van der Waals surface area contributed by atoms with Gasteiger partial charge in [0, 0.05) is 24.2 Å². The Kier molecular flexibility index (Phi) is 7.11. The highest BCUT2D eigenvalue weighted by Gasteiger charge is 2.37. The molecule has 2 fully saturated rings. The van der Waals surface area contributed by atoms with Gasteiger partial charge in [0.2, 0.25) is 5.91 Å². The number of aryl methyl sites for hydroxylation is 1. The number of aromatic nitrogens is 3. The van der Waals surface area contributed by atoms with Gasteiger partial charge in [0.15, 0.2) is 0 Å². The van der Waals surface area contributed by atoms with Gasteiger partial charge in [-0.15, -0.1) is 11.3 Å². The van der Waals surface area contributed by atoms with Gasteiger partial charge in [0.05, 0.1) is 27.7 Å². The molecule has 5 rings (SSSR count). The van der Waals surface area contributed by atoms with Crippen LogP contribution in [0.25, 0.3) is 10.6 Å². The van der Waals surface area contributed by atoms with Crippen LogP contribution in [0.3, 0.4) is 0 Å². The first-order valence-corrected chi connectivity index (χ1v) is 13.4. The third kappa shape index (κ3) is 5.54. The fraction of sp³-hybridized carbons (Fsp3) is 0.481. The normalized spacial score (nSPS) is 21.5. The Hall–Kier alpha value is -2.84. The molecule has 1 amide bonds. The molecule has 7 nitrogen and oxygen atoms in total. The van der Waals surface area contributed by atoms with Crippen molar-refractivity contribution >= 4 is 28.9 Å². The maximum atomic E-state index is 12.9. The molecule has 35 heavy (non-hydrogen) atoms. The molecule has 8 heteroatoms. The van der Waals surface area contributed by atoms with Gasteiger partial charge in [0.25, 0.3) is 0 Å². The largest absolute Gasteiger partial charge is 0.394 e. The fourth-order valence-electron chi connectivity index (χ4n) is 5.31. The average Bonchev–Trinajstić information content (AvgIpc) is 3.55. The van der Waals surface area contributed by atoms with Crippen LogP contribution in [0.4, 0.5) is 11.6 Å². The smallest absolute Gasteiger partial charge is 0.223 e. The first-order chi connectivity index (χ1) is 17.0. The summed E-state index contributed by atoms with van der Waals surface area (Å²) in [6.07, 6.45) is 11.3. The van der Waals surface area contributed by atoms with E-state index in [2.05, 4.69) is 15.6 Å². The van der Waals surface area contributed by atoms with E-state index in [1.165, 1.54) is 0 Å². The van der Waals surface area contributed by atoms with Crippen LogP contribution in [0, 0.1) is 12.8 Å². The SMILES string of the molecule is Cc1ccnc(Nc2cccc(-c3cnc([C@H]4CC[C@H](C(=O)NC5(CO)CCCC5)CC4)s3)n2)c1. The van der Waals surface area contributed by atoms with Crippen LogP contribution >= 0.6 is 11.3 Å². The number of carbonyl (C=O) groups is 1. The molecule has 2 aliphatic carbocycles. The maximum absolute atomic E-state index is 12.9. The Balaban J connectivity index is 1.19. The number of amides is 1. The zero-order valence-electron chi connectivity index (χ0n) is 20.2. The molecule has 0 unspecified atom stereocenters. The maximum Gasteiger partial charge on any atom is 0.223 e. The van der Waals surface area contributed by atoms with Crippen LogP contribution < -0.4 is 10.6 Å². The number of hydrogen-bond acceptors (Lipinski definition) is 7. The third-order valence-electron chi connectivity index (χ3n) is 7.40. The van der Waals surface area contributed by atoms with E-state index in [1.54, 1.807) is 17.5 Å². The Bertz CT molecular complexity index is 1170. The monoisotopic (exact) mass is 491 g/mol. The zero-order valence-corrected chi connectivity index (χ0v) is 21.0. The molecule has 0 aliphatic heterocycles. The second-order valence-corrected chi connectivity index (χ2v) is 11.1. The Morgan fingerprint density at radius 1 is 1.11 bits per heavy atom. The van der Waals surface area contributed by atoms with Crippen LogP contribution in [0.2, 0.25) is 0 Å². The van der Waals surface area contributed by atoms with Crippen LogP contribution in [0.15, 0.2) is 42.7 Å². The summed E-state index contributed by atoms with van der Waals surface area (Å²) >= 11 is 1.70. The minimum absolute atomic E-state index is 0.0364. The number of carbonyl (C=O) groups excluding carboxylic acids is 1. The van der Waals surface area contributed by atoms with Gasteiger partial charge in [0.1, 0.15) is 11.6 Å². The number of pyridine rings is 2. The van der Waals surface area contributed by atoms with E-state index in [-0.39, 0.29) is 24.0 Å². The number of thiazole rings is 1. The fourth-order valence-corrected chi connectivity index (χ4v) is 6.37. The minimum atomic E-state index is -0.385. The first-order valence-electron chi connectivity index (χ1n) is 12.6. The van der Waals surface area contributed by atoms with Crippen molar-refractivity contribution in [2.75, 3.05) is 11.9 Å². The second kappa shape index (κ2) is 10.4. The van der Waals surface area contributed by atoms with Gasteiger partial charge in [-0.1, -0.05) is 18.9 Å². The van der Waals surface area contributed by atoms with Gasteiger partial charge in [-0.25, -0.2) is 15.0 Å². The summed E-state index contributed by atoms with van der Waals surface area (Å²) in [5, 5.41) is 17.4. The molecular weight excluding hydrogens is 458 g/mol. The van der Waals surface area contributed by atoms with Crippen LogP contribution in [0.1, 0.15) is 67.9 Å². The Morgan fingerprint density at radius 3 is 2.66 bits per heavy atom. The predicted molar refractivity (Wildman–Crippen MR) is 139 cm³/mol. The summed E-state index contributed by atoms with van der Waals surface area (Å²) in [6, 6.07) is 9.90. The van der Waals surface area contributed by atoms with E-state index in [1.807, 2.05) is 43.5 Å². The summed E-state index contributed by atoms with van der Waals surface area (Å²) in [5.41, 5.74) is 1.65. The molecule has 0 bridgehead atoms. The number of nitrogens with one attached hydrogen (secondary N) is 2. The first kappa shape index (κ1) is 23.9. The van der Waals surface area contributed by atoms with Crippen LogP contribution in [-0.2, 0) is 4.79 Å². The molecule has 3 aromatic heterocycles. The van der Waals surface area contributed by atoms with Crippen molar-refractivity contribution in [3.8, 4) is 10.6 Å². The third-order valence-corrected chi connectivity index (χ3v) is 8.58. The lowest BCUT2D eigenvalue weighted by atomic mass is 9.81. The van der Waals surface area contributed by atoms with Crippen molar-refractivity contribution < 1.29 is 9.90 Å². The number of aliphatic hydroxyl groups excluding tert-OH is 1. The zero-order chi connectivity index (χ0) is 24.3. The summed E-state index contributed by atoms with van der Waals surface area (Å²) < 4.78 is 0. The van der Waals surface area contributed by atoms with Gasteiger partial charge >= 0.3 is 0 Å². The van der Waals surface area contributed by atoms with Crippen molar-refractivity contribution in [1.29, 1.82) is 0 Å². The summed E-state index contributed by atoms with van der Waals surface area (Å²) in [5.74, 6) is 2.07. The molecule has 3 heterocycles. The van der Waals surface area contributed by atoms with Crippen LogP contribution in [-0.4, -0.2) is 38.1 Å². The molecule has 184 valence electrons. The van der Waals surface area contributed by atoms with Crippen molar-refractivity contribution in [1.82, 2.24) is 20.3 Å². The van der Waals surface area contributed by atoms with Crippen LogP contribution in [0.5, 0.6) is 0 Å². The lowest BCUT2D eigenvalue weighted by Crippen LogP contribution is -2.51. The average molecular weight is 492 g/mol. The molecule has 3 N–H and O–H groups in total. The van der Waals surface area contributed by atoms with Crippen molar-refractivity contribution in [2.24, 2.45) is 5.92 Å².